The van der Waals surface area contributed by atoms with Gasteiger partial charge in [0.25, 0.3) is 0 Å². The number of hydrogen-bond donors (Lipinski definition) is 1. The second kappa shape index (κ2) is 9.15. The summed E-state index contributed by atoms with van der Waals surface area (Å²) in [6, 6.07) is 0. The minimum Gasteiger partial charge on any atom is -0.352 e. The van der Waals surface area contributed by atoms with Gasteiger partial charge in [0.2, 0.25) is 5.91 Å². The van der Waals surface area contributed by atoms with Crippen molar-refractivity contribution in [1.29, 1.82) is 0 Å². The van der Waals surface area contributed by atoms with Gasteiger partial charge in [-0.2, -0.15) is 0 Å². The highest BCUT2D eigenvalue weighted by molar-refractivity contribution is 5.91. The largest absolute Gasteiger partial charge is 0.352 e. The van der Waals surface area contributed by atoms with Crippen LogP contribution in [0.4, 0.5) is 0 Å². The third-order valence-corrected chi connectivity index (χ3v) is 2.57. The summed E-state index contributed by atoms with van der Waals surface area (Å²) in [5.41, 5.74) is 0.580. The molecule has 0 aliphatic carbocycles. The van der Waals surface area contributed by atoms with Crippen molar-refractivity contribution in [2.45, 2.75) is 41.0 Å². The second-order valence-corrected chi connectivity index (χ2v) is 5.94. The molecular weight excluding hydrogens is 224 g/mol. The molecule has 0 aromatic carbocycles. The zero-order chi connectivity index (χ0) is 14.1. The molecule has 1 N–H and O–H groups in total. The topological polar surface area (TPSA) is 32.3 Å². The molecule has 0 rings (SSSR count). The summed E-state index contributed by atoms with van der Waals surface area (Å²) >= 11 is 0. The zero-order valence-corrected chi connectivity index (χ0v) is 12.8. The van der Waals surface area contributed by atoms with Gasteiger partial charge in [0, 0.05) is 25.2 Å². The summed E-state index contributed by atoms with van der Waals surface area (Å²) < 4.78 is 0. The van der Waals surface area contributed by atoms with Gasteiger partial charge in [-0.15, -0.1) is 0 Å². The number of amides is 1. The van der Waals surface area contributed by atoms with Crippen LogP contribution in [0.2, 0.25) is 0 Å². The molecule has 3 heteroatoms. The standard InChI is InChI=1S/C15H30N2O/c1-12(2)10-17(11-13(3)4)9-7-8-16-15(18)14(5)6/h12-13H,5,7-11H2,1-4,6H3,(H,16,18). The molecular formula is C15H30N2O. The Labute approximate surface area is 113 Å². The van der Waals surface area contributed by atoms with Gasteiger partial charge in [0.1, 0.15) is 0 Å². The molecule has 0 aromatic rings. The number of carbonyl (C=O) groups excluding carboxylic acids is 1. The molecule has 0 fully saturated rings. The summed E-state index contributed by atoms with van der Waals surface area (Å²) in [6.07, 6.45) is 0.998. The Morgan fingerprint density at radius 3 is 2.06 bits per heavy atom. The number of rotatable bonds is 9. The summed E-state index contributed by atoms with van der Waals surface area (Å²) in [4.78, 5) is 13.8. The Kier molecular flexibility index (Phi) is 8.73. The van der Waals surface area contributed by atoms with E-state index in [2.05, 4.69) is 44.5 Å². The number of hydrogen-bond acceptors (Lipinski definition) is 2. The predicted molar refractivity (Wildman–Crippen MR) is 78.6 cm³/mol. The Hall–Kier alpha value is -0.830. The van der Waals surface area contributed by atoms with Crippen molar-refractivity contribution in [3.8, 4) is 0 Å². The van der Waals surface area contributed by atoms with E-state index in [1.54, 1.807) is 6.92 Å². The van der Waals surface area contributed by atoms with E-state index >= 15 is 0 Å². The van der Waals surface area contributed by atoms with E-state index < -0.39 is 0 Å². The maximum atomic E-state index is 11.3. The van der Waals surface area contributed by atoms with Gasteiger partial charge in [0.15, 0.2) is 0 Å². The number of carbonyl (C=O) groups is 1. The van der Waals surface area contributed by atoms with Crippen LogP contribution in [0.5, 0.6) is 0 Å². The second-order valence-electron chi connectivity index (χ2n) is 5.94. The summed E-state index contributed by atoms with van der Waals surface area (Å²) in [7, 11) is 0. The molecule has 0 atom stereocenters. The zero-order valence-electron chi connectivity index (χ0n) is 12.8. The Morgan fingerprint density at radius 1 is 1.17 bits per heavy atom. The van der Waals surface area contributed by atoms with E-state index in [9.17, 15) is 4.79 Å². The van der Waals surface area contributed by atoms with E-state index in [1.165, 1.54) is 0 Å². The van der Waals surface area contributed by atoms with Crippen LogP contribution in [-0.2, 0) is 4.79 Å². The minimum absolute atomic E-state index is 0.0331. The third kappa shape index (κ3) is 9.23. The molecule has 0 unspecified atom stereocenters. The van der Waals surface area contributed by atoms with Crippen molar-refractivity contribution in [3.05, 3.63) is 12.2 Å². The molecule has 0 saturated carbocycles. The van der Waals surface area contributed by atoms with E-state index in [0.717, 1.165) is 32.6 Å². The lowest BCUT2D eigenvalue weighted by atomic mass is 10.1. The summed E-state index contributed by atoms with van der Waals surface area (Å²) in [5.74, 6) is 1.34. The van der Waals surface area contributed by atoms with Crippen molar-refractivity contribution in [1.82, 2.24) is 10.2 Å². The highest BCUT2D eigenvalue weighted by atomic mass is 16.1. The summed E-state index contributed by atoms with van der Waals surface area (Å²) in [5, 5.41) is 2.88. The van der Waals surface area contributed by atoms with Crippen LogP contribution >= 0.6 is 0 Å². The summed E-state index contributed by atoms with van der Waals surface area (Å²) in [6.45, 7) is 18.4. The van der Waals surface area contributed by atoms with E-state index in [-0.39, 0.29) is 5.91 Å². The Balaban J connectivity index is 3.88. The molecule has 0 radical (unpaired) electrons. The van der Waals surface area contributed by atoms with Gasteiger partial charge in [-0.05, 0) is 31.7 Å². The lowest BCUT2D eigenvalue weighted by molar-refractivity contribution is -0.117. The van der Waals surface area contributed by atoms with E-state index in [1.807, 2.05) is 0 Å². The minimum atomic E-state index is -0.0331. The molecule has 3 nitrogen and oxygen atoms in total. The molecule has 0 heterocycles. The molecule has 0 spiro atoms. The maximum Gasteiger partial charge on any atom is 0.246 e. The SMILES string of the molecule is C=C(C)C(=O)NCCCN(CC(C)C)CC(C)C. The van der Waals surface area contributed by atoms with Gasteiger partial charge < -0.3 is 10.2 Å². The van der Waals surface area contributed by atoms with Crippen LogP contribution in [-0.4, -0.2) is 37.0 Å². The smallest absolute Gasteiger partial charge is 0.246 e. The molecule has 0 aromatic heterocycles. The van der Waals surface area contributed by atoms with E-state index in [0.29, 0.717) is 17.4 Å². The van der Waals surface area contributed by atoms with Crippen molar-refractivity contribution in [2.75, 3.05) is 26.2 Å². The quantitative estimate of drug-likeness (QED) is 0.507. The average molecular weight is 254 g/mol. The molecule has 1 amide bonds. The number of nitrogens with zero attached hydrogens (tertiary/aromatic N) is 1. The maximum absolute atomic E-state index is 11.3. The first-order chi connectivity index (χ1) is 8.32. The Bertz CT molecular complexity index is 249. The van der Waals surface area contributed by atoms with Crippen LogP contribution < -0.4 is 5.32 Å². The molecule has 106 valence electrons. The van der Waals surface area contributed by atoms with Crippen LogP contribution in [0, 0.1) is 11.8 Å². The highest BCUT2D eigenvalue weighted by Gasteiger charge is 2.09. The van der Waals surface area contributed by atoms with Gasteiger partial charge in [0.05, 0.1) is 0 Å². The highest BCUT2D eigenvalue weighted by Crippen LogP contribution is 2.04. The van der Waals surface area contributed by atoms with Crippen molar-refractivity contribution < 1.29 is 4.79 Å². The van der Waals surface area contributed by atoms with Crippen molar-refractivity contribution >= 4 is 5.91 Å². The fourth-order valence-corrected chi connectivity index (χ4v) is 1.95. The van der Waals surface area contributed by atoms with Gasteiger partial charge in [-0.25, -0.2) is 0 Å². The molecule has 0 saturated heterocycles. The van der Waals surface area contributed by atoms with Gasteiger partial charge in [-0.1, -0.05) is 34.3 Å². The lowest BCUT2D eigenvalue weighted by Crippen LogP contribution is -2.34. The van der Waals surface area contributed by atoms with Gasteiger partial charge in [-0.3, -0.25) is 4.79 Å². The van der Waals surface area contributed by atoms with Crippen molar-refractivity contribution in [2.24, 2.45) is 11.8 Å². The molecule has 0 aliphatic heterocycles. The molecule has 18 heavy (non-hydrogen) atoms. The fraction of sp³-hybridized carbons (Fsp3) is 0.800. The fourth-order valence-electron chi connectivity index (χ4n) is 1.95. The van der Waals surface area contributed by atoms with Crippen molar-refractivity contribution in [3.63, 3.8) is 0 Å². The Morgan fingerprint density at radius 2 is 1.67 bits per heavy atom. The predicted octanol–water partition coefficient (Wildman–Crippen LogP) is 2.68. The van der Waals surface area contributed by atoms with Crippen LogP contribution in [0.15, 0.2) is 12.2 Å². The van der Waals surface area contributed by atoms with Crippen LogP contribution in [0.25, 0.3) is 0 Å². The molecule has 0 bridgehead atoms. The van der Waals surface area contributed by atoms with Crippen LogP contribution in [0.1, 0.15) is 41.0 Å². The normalized spacial score (nSPS) is 11.3. The van der Waals surface area contributed by atoms with Gasteiger partial charge >= 0.3 is 0 Å². The third-order valence-electron chi connectivity index (χ3n) is 2.57. The first-order valence-electron chi connectivity index (χ1n) is 6.99. The first-order valence-corrected chi connectivity index (χ1v) is 6.99. The first kappa shape index (κ1) is 17.2. The lowest BCUT2D eigenvalue weighted by Gasteiger charge is -2.26. The number of nitrogens with one attached hydrogen (secondary N) is 1. The van der Waals surface area contributed by atoms with Crippen LogP contribution in [0.3, 0.4) is 0 Å². The molecule has 0 aliphatic rings. The van der Waals surface area contributed by atoms with E-state index in [4.69, 9.17) is 0 Å². The monoisotopic (exact) mass is 254 g/mol. The average Bonchev–Trinajstić information content (AvgIpc) is 2.21.